The van der Waals surface area contributed by atoms with Gasteiger partial charge >= 0.3 is 10.2 Å². The molecule has 0 saturated heterocycles. The minimum absolute atomic E-state index is 0.274. The van der Waals surface area contributed by atoms with Crippen molar-refractivity contribution in [2.45, 2.75) is 24.4 Å². The molecule has 1 heterocycles. The summed E-state index contributed by atoms with van der Waals surface area (Å²) < 4.78 is 38.1. The van der Waals surface area contributed by atoms with Crippen LogP contribution in [0, 0.1) is 5.92 Å². The van der Waals surface area contributed by atoms with Gasteiger partial charge in [-0.3, -0.25) is 0 Å². The second-order valence-electron chi connectivity index (χ2n) is 3.41. The molecule has 1 aliphatic carbocycles. The quantitative estimate of drug-likeness (QED) is 0.693. The van der Waals surface area contributed by atoms with E-state index in [0.29, 0.717) is 11.7 Å². The van der Waals surface area contributed by atoms with Crippen molar-refractivity contribution >= 4 is 10.2 Å². The molecule has 0 spiro atoms. The highest BCUT2D eigenvalue weighted by atomic mass is 32.3. The third-order valence-corrected chi connectivity index (χ3v) is 3.02. The van der Waals surface area contributed by atoms with Gasteiger partial charge < -0.3 is 4.42 Å². The molecule has 1 fully saturated rings. The van der Waals surface area contributed by atoms with Gasteiger partial charge in [0.05, 0.1) is 0 Å². The molecular weight excluding hydrogens is 195 g/mol. The molecule has 1 aromatic heterocycles. The first kappa shape index (κ1) is 8.74. The van der Waals surface area contributed by atoms with Crippen LogP contribution in [0.4, 0.5) is 3.89 Å². The lowest BCUT2D eigenvalue weighted by Crippen LogP contribution is -1.87. The lowest BCUT2D eigenvalue weighted by atomic mass is 10.3. The molecule has 2 rings (SSSR count). The van der Waals surface area contributed by atoms with Gasteiger partial charge in [-0.2, -0.15) is 8.42 Å². The van der Waals surface area contributed by atoms with Crippen molar-refractivity contribution in [2.24, 2.45) is 5.92 Å². The van der Waals surface area contributed by atoms with Crippen molar-refractivity contribution in [1.82, 2.24) is 0 Å². The van der Waals surface area contributed by atoms with Crippen LogP contribution < -0.4 is 0 Å². The molecule has 0 aliphatic heterocycles. The summed E-state index contributed by atoms with van der Waals surface area (Å²) in [7, 11) is -4.67. The Kier molecular flexibility index (Phi) is 1.73. The van der Waals surface area contributed by atoms with Crippen molar-refractivity contribution < 1.29 is 16.7 Å². The van der Waals surface area contributed by atoms with Crippen LogP contribution in [0.25, 0.3) is 0 Å². The Morgan fingerprint density at radius 3 is 2.54 bits per heavy atom. The number of halogens is 1. The summed E-state index contributed by atoms with van der Waals surface area (Å²) >= 11 is 0. The molecule has 0 radical (unpaired) electrons. The summed E-state index contributed by atoms with van der Waals surface area (Å²) in [6, 6.07) is 2.69. The molecule has 1 saturated carbocycles. The summed E-state index contributed by atoms with van der Waals surface area (Å²) in [5.41, 5.74) is 0. The van der Waals surface area contributed by atoms with Crippen molar-refractivity contribution in [2.75, 3.05) is 0 Å². The normalized spacial score (nSPS) is 27.5. The van der Waals surface area contributed by atoms with Crippen LogP contribution in [0.15, 0.2) is 21.6 Å². The van der Waals surface area contributed by atoms with Gasteiger partial charge in [-0.15, -0.1) is 0 Å². The molecule has 13 heavy (non-hydrogen) atoms. The van der Waals surface area contributed by atoms with Crippen LogP contribution >= 0.6 is 0 Å². The van der Waals surface area contributed by atoms with E-state index in [0.717, 1.165) is 12.5 Å². The zero-order valence-electron chi connectivity index (χ0n) is 7.03. The molecule has 0 amide bonds. The zero-order valence-corrected chi connectivity index (χ0v) is 7.84. The van der Waals surface area contributed by atoms with E-state index < -0.39 is 15.3 Å². The predicted molar refractivity (Wildman–Crippen MR) is 43.5 cm³/mol. The summed E-state index contributed by atoms with van der Waals surface area (Å²) in [6.45, 7) is 2.04. The lowest BCUT2D eigenvalue weighted by Gasteiger charge is -1.90. The number of furan rings is 1. The highest BCUT2D eigenvalue weighted by Crippen LogP contribution is 2.47. The molecule has 5 heteroatoms. The van der Waals surface area contributed by atoms with Crippen molar-refractivity contribution in [1.29, 1.82) is 0 Å². The van der Waals surface area contributed by atoms with E-state index in [4.69, 9.17) is 4.42 Å². The summed E-state index contributed by atoms with van der Waals surface area (Å²) in [5, 5.41) is -0.582. The summed E-state index contributed by atoms with van der Waals surface area (Å²) in [4.78, 5) is 0. The fourth-order valence-corrected chi connectivity index (χ4v) is 1.81. The van der Waals surface area contributed by atoms with Gasteiger partial charge in [-0.25, -0.2) is 0 Å². The Balaban J connectivity index is 2.29. The Bertz CT molecular complexity index is 420. The maximum atomic E-state index is 12.4. The smallest absolute Gasteiger partial charge is 0.365 e. The second-order valence-corrected chi connectivity index (χ2v) is 4.69. The van der Waals surface area contributed by atoms with Crippen LogP contribution in [0.3, 0.4) is 0 Å². The highest BCUT2D eigenvalue weighted by molar-refractivity contribution is 7.86. The molecule has 0 N–H and O–H groups in total. The third kappa shape index (κ3) is 1.60. The van der Waals surface area contributed by atoms with Crippen LogP contribution in [0.5, 0.6) is 0 Å². The molecular formula is C8H9FO3S. The minimum atomic E-state index is -4.67. The van der Waals surface area contributed by atoms with E-state index in [9.17, 15) is 12.3 Å². The molecule has 2 unspecified atom stereocenters. The van der Waals surface area contributed by atoms with Gasteiger partial charge in [0.1, 0.15) is 5.76 Å². The van der Waals surface area contributed by atoms with E-state index in [1.165, 1.54) is 6.07 Å². The molecule has 1 aliphatic rings. The fourth-order valence-electron chi connectivity index (χ4n) is 1.38. The van der Waals surface area contributed by atoms with E-state index in [1.807, 2.05) is 6.92 Å². The number of hydrogen-bond acceptors (Lipinski definition) is 3. The van der Waals surface area contributed by atoms with Gasteiger partial charge in [0.25, 0.3) is 0 Å². The van der Waals surface area contributed by atoms with Gasteiger partial charge in [0.2, 0.25) is 5.09 Å². The maximum absolute atomic E-state index is 12.4. The highest BCUT2D eigenvalue weighted by Gasteiger charge is 2.37. The first-order valence-corrected chi connectivity index (χ1v) is 5.41. The average molecular weight is 204 g/mol. The van der Waals surface area contributed by atoms with Gasteiger partial charge in [-0.05, 0) is 24.5 Å². The number of rotatable bonds is 2. The van der Waals surface area contributed by atoms with Crippen LogP contribution in [0.1, 0.15) is 25.0 Å². The van der Waals surface area contributed by atoms with Gasteiger partial charge in [-0.1, -0.05) is 10.8 Å². The Hall–Kier alpha value is -0.840. The van der Waals surface area contributed by atoms with Gasteiger partial charge in [0.15, 0.2) is 0 Å². The fraction of sp³-hybridized carbons (Fsp3) is 0.500. The first-order valence-electron chi connectivity index (χ1n) is 4.03. The van der Waals surface area contributed by atoms with E-state index in [1.54, 1.807) is 0 Å². The van der Waals surface area contributed by atoms with E-state index in [-0.39, 0.29) is 5.92 Å². The van der Waals surface area contributed by atoms with E-state index >= 15 is 0 Å². The standard InChI is InChI=1S/C8H9FO3S/c1-5-4-6(5)7-2-3-8(12-7)13(9,10)11/h2-3,5-6H,4H2,1H3. The van der Waals surface area contributed by atoms with Crippen LogP contribution in [0.2, 0.25) is 0 Å². The monoisotopic (exact) mass is 204 g/mol. The lowest BCUT2D eigenvalue weighted by molar-refractivity contribution is 0.401. The molecule has 1 aromatic rings. The Morgan fingerprint density at radius 1 is 1.54 bits per heavy atom. The molecule has 3 nitrogen and oxygen atoms in total. The second kappa shape index (κ2) is 2.57. The zero-order chi connectivity index (χ0) is 9.64. The topological polar surface area (TPSA) is 47.3 Å². The SMILES string of the molecule is CC1CC1c1ccc(S(=O)(=O)F)o1. The Morgan fingerprint density at radius 2 is 2.15 bits per heavy atom. The Labute approximate surface area is 75.8 Å². The van der Waals surface area contributed by atoms with Crippen LogP contribution in [-0.4, -0.2) is 8.42 Å². The molecule has 0 bridgehead atoms. The van der Waals surface area contributed by atoms with Crippen molar-refractivity contribution in [3.63, 3.8) is 0 Å². The largest absolute Gasteiger partial charge is 0.447 e. The molecule has 2 atom stereocenters. The van der Waals surface area contributed by atoms with Crippen molar-refractivity contribution in [3.05, 3.63) is 17.9 Å². The third-order valence-electron chi connectivity index (χ3n) is 2.32. The molecule has 72 valence electrons. The average Bonchev–Trinajstić information content (AvgIpc) is 2.57. The molecule has 0 aromatic carbocycles. The van der Waals surface area contributed by atoms with Crippen molar-refractivity contribution in [3.8, 4) is 0 Å². The summed E-state index contributed by atoms with van der Waals surface area (Å²) in [6.07, 6.45) is 0.985. The predicted octanol–water partition coefficient (Wildman–Crippen LogP) is 2.06. The minimum Gasteiger partial charge on any atom is -0.447 e. The van der Waals surface area contributed by atoms with Gasteiger partial charge in [0, 0.05) is 5.92 Å². The maximum Gasteiger partial charge on any atom is 0.365 e. The number of hydrogen-bond donors (Lipinski definition) is 0. The van der Waals surface area contributed by atoms with E-state index in [2.05, 4.69) is 0 Å². The first-order chi connectivity index (χ1) is 5.98. The van der Waals surface area contributed by atoms with Crippen LogP contribution in [-0.2, 0) is 10.2 Å². The summed E-state index contributed by atoms with van der Waals surface area (Å²) in [5.74, 6) is 1.36.